The average molecular weight is 200 g/mol. The van der Waals surface area contributed by atoms with Crippen LogP contribution in [0.25, 0.3) is 0 Å². The minimum atomic E-state index is -0.558. The molecule has 1 aromatic rings. The fraction of sp³-hybridized carbons (Fsp3) is 0.625. The number of hydrogen-bond acceptors (Lipinski definition) is 5. The molecule has 1 saturated heterocycles. The summed E-state index contributed by atoms with van der Waals surface area (Å²) in [6.45, 7) is 1.35. The highest BCUT2D eigenvalue weighted by molar-refractivity contribution is 7.13. The number of aromatic nitrogens is 1. The van der Waals surface area contributed by atoms with E-state index < -0.39 is 5.60 Å². The van der Waals surface area contributed by atoms with Gasteiger partial charge in [-0.3, -0.25) is 0 Å². The largest absolute Gasteiger partial charge is 0.473 e. The Bertz CT molecular complexity index is 296. The minimum absolute atomic E-state index is 0.558. The van der Waals surface area contributed by atoms with Crippen molar-refractivity contribution in [3.63, 3.8) is 0 Å². The minimum Gasteiger partial charge on any atom is -0.473 e. The van der Waals surface area contributed by atoms with Crippen molar-refractivity contribution in [2.45, 2.75) is 12.0 Å². The molecule has 0 aliphatic carbocycles. The van der Waals surface area contributed by atoms with E-state index in [-0.39, 0.29) is 0 Å². The summed E-state index contributed by atoms with van der Waals surface area (Å²) in [5.41, 5.74) is -0.558. The van der Waals surface area contributed by atoms with Crippen LogP contribution in [0.2, 0.25) is 0 Å². The maximum Gasteiger partial charge on any atom is 0.273 e. The molecule has 2 N–H and O–H groups in total. The Balaban J connectivity index is 2.01. The predicted molar refractivity (Wildman–Crippen MR) is 50.2 cm³/mol. The summed E-state index contributed by atoms with van der Waals surface area (Å²) in [4.78, 5) is 5.11. The van der Waals surface area contributed by atoms with Crippen molar-refractivity contribution in [3.05, 3.63) is 11.1 Å². The van der Waals surface area contributed by atoms with Gasteiger partial charge in [0.15, 0.2) is 0 Å². The molecule has 0 unspecified atom stereocenters. The first-order valence-corrected chi connectivity index (χ1v) is 4.95. The summed E-state index contributed by atoms with van der Waals surface area (Å²) in [7, 11) is 1.60. The van der Waals surface area contributed by atoms with Gasteiger partial charge < -0.3 is 15.2 Å². The molecule has 0 saturated carbocycles. The van der Waals surface area contributed by atoms with Crippen LogP contribution in [-0.4, -0.2) is 35.9 Å². The molecule has 5 heteroatoms. The van der Waals surface area contributed by atoms with Crippen molar-refractivity contribution in [1.82, 2.24) is 10.3 Å². The molecule has 0 bridgehead atoms. The molecule has 0 aromatic carbocycles. The average Bonchev–Trinajstić information content (AvgIpc) is 2.49. The number of rotatable bonds is 3. The van der Waals surface area contributed by atoms with E-state index in [0.717, 1.165) is 4.88 Å². The van der Waals surface area contributed by atoms with Crippen molar-refractivity contribution < 1.29 is 9.84 Å². The van der Waals surface area contributed by atoms with Crippen molar-refractivity contribution in [3.8, 4) is 5.19 Å². The first-order valence-electron chi connectivity index (χ1n) is 4.14. The van der Waals surface area contributed by atoms with Crippen LogP contribution in [0.5, 0.6) is 5.19 Å². The van der Waals surface area contributed by atoms with Crippen molar-refractivity contribution >= 4 is 11.3 Å². The molecule has 1 aliphatic rings. The van der Waals surface area contributed by atoms with Crippen LogP contribution >= 0.6 is 11.3 Å². The van der Waals surface area contributed by atoms with E-state index in [1.165, 1.54) is 11.3 Å². The Labute approximate surface area is 80.6 Å². The lowest BCUT2D eigenvalue weighted by Crippen LogP contribution is -2.60. The fourth-order valence-electron chi connectivity index (χ4n) is 1.33. The van der Waals surface area contributed by atoms with Crippen LogP contribution in [0.1, 0.15) is 4.88 Å². The molecule has 1 aliphatic heterocycles. The van der Waals surface area contributed by atoms with Gasteiger partial charge in [0, 0.05) is 30.6 Å². The number of nitrogens with one attached hydrogen (secondary N) is 1. The number of thiazole rings is 1. The van der Waals surface area contributed by atoms with Gasteiger partial charge in [0.2, 0.25) is 0 Å². The molecule has 2 rings (SSSR count). The maximum atomic E-state index is 9.82. The molecule has 13 heavy (non-hydrogen) atoms. The molecule has 4 nitrogen and oxygen atoms in total. The zero-order valence-corrected chi connectivity index (χ0v) is 8.23. The van der Waals surface area contributed by atoms with Crippen LogP contribution in [-0.2, 0) is 6.42 Å². The normalized spacial score (nSPS) is 19.5. The Morgan fingerprint density at radius 1 is 1.77 bits per heavy atom. The second kappa shape index (κ2) is 3.25. The first kappa shape index (κ1) is 8.93. The lowest BCUT2D eigenvalue weighted by Gasteiger charge is -2.37. The molecular formula is C8H12N2O2S. The van der Waals surface area contributed by atoms with Crippen LogP contribution in [0.4, 0.5) is 0 Å². The molecule has 0 radical (unpaired) electrons. The van der Waals surface area contributed by atoms with Crippen molar-refractivity contribution in [1.29, 1.82) is 0 Å². The third-order valence-electron chi connectivity index (χ3n) is 2.12. The van der Waals surface area contributed by atoms with Gasteiger partial charge in [-0.25, -0.2) is 4.98 Å². The molecule has 0 atom stereocenters. The van der Waals surface area contributed by atoms with Crippen LogP contribution in [0.3, 0.4) is 0 Å². The van der Waals surface area contributed by atoms with Gasteiger partial charge in [-0.05, 0) is 0 Å². The number of methoxy groups -OCH3 is 1. The highest BCUT2D eigenvalue weighted by atomic mass is 32.1. The Morgan fingerprint density at radius 2 is 2.54 bits per heavy atom. The quantitative estimate of drug-likeness (QED) is 0.722. The van der Waals surface area contributed by atoms with E-state index in [2.05, 4.69) is 10.3 Å². The van der Waals surface area contributed by atoms with Crippen LogP contribution < -0.4 is 10.1 Å². The second-order valence-corrected chi connectivity index (χ2v) is 4.38. The predicted octanol–water partition coefficient (Wildman–Crippen LogP) is 0.0285. The SMILES string of the molecule is COc1ncc(CC2(O)CNC2)s1. The topological polar surface area (TPSA) is 54.4 Å². The van der Waals surface area contributed by atoms with E-state index in [1.807, 2.05) is 0 Å². The van der Waals surface area contributed by atoms with E-state index in [1.54, 1.807) is 13.3 Å². The molecule has 1 aromatic heterocycles. The van der Waals surface area contributed by atoms with Gasteiger partial charge >= 0.3 is 0 Å². The van der Waals surface area contributed by atoms with Crippen LogP contribution in [0.15, 0.2) is 6.20 Å². The molecule has 0 amide bonds. The van der Waals surface area contributed by atoms with Crippen molar-refractivity contribution in [2.24, 2.45) is 0 Å². The zero-order chi connectivity index (χ0) is 9.31. The zero-order valence-electron chi connectivity index (χ0n) is 7.41. The number of aliphatic hydroxyl groups is 1. The monoisotopic (exact) mass is 200 g/mol. The van der Waals surface area contributed by atoms with Gasteiger partial charge in [-0.2, -0.15) is 0 Å². The molecular weight excluding hydrogens is 188 g/mol. The van der Waals surface area contributed by atoms with Gasteiger partial charge in [0.05, 0.1) is 12.7 Å². The fourth-order valence-corrected chi connectivity index (χ4v) is 2.19. The summed E-state index contributed by atoms with van der Waals surface area (Å²) in [5, 5.41) is 13.5. The Kier molecular flexibility index (Phi) is 2.23. The number of hydrogen-bond donors (Lipinski definition) is 2. The lowest BCUT2D eigenvalue weighted by atomic mass is 9.93. The van der Waals surface area contributed by atoms with Crippen LogP contribution in [0, 0.1) is 0 Å². The van der Waals surface area contributed by atoms with E-state index in [4.69, 9.17) is 4.74 Å². The summed E-state index contributed by atoms with van der Waals surface area (Å²) in [5.74, 6) is 0. The van der Waals surface area contributed by atoms with Gasteiger partial charge in [0.1, 0.15) is 0 Å². The standard InChI is InChI=1S/C8H12N2O2S/c1-12-7-10-3-6(13-7)2-8(11)4-9-5-8/h3,9,11H,2,4-5H2,1H3. The van der Waals surface area contributed by atoms with E-state index >= 15 is 0 Å². The Morgan fingerprint density at radius 3 is 3.00 bits per heavy atom. The van der Waals surface area contributed by atoms with Gasteiger partial charge in [0.25, 0.3) is 5.19 Å². The number of ether oxygens (including phenoxy) is 1. The summed E-state index contributed by atoms with van der Waals surface area (Å²) >= 11 is 1.49. The highest BCUT2D eigenvalue weighted by Gasteiger charge is 2.34. The van der Waals surface area contributed by atoms with Gasteiger partial charge in [-0.15, -0.1) is 0 Å². The van der Waals surface area contributed by atoms with Crippen molar-refractivity contribution in [2.75, 3.05) is 20.2 Å². The molecule has 2 heterocycles. The molecule has 0 spiro atoms. The number of β-amino-alcohol motifs (C(OH)–C–C–N with tert-alkyl or cyclic N) is 1. The van der Waals surface area contributed by atoms with E-state index in [9.17, 15) is 5.11 Å². The lowest BCUT2D eigenvalue weighted by molar-refractivity contribution is -0.00837. The van der Waals surface area contributed by atoms with E-state index in [0.29, 0.717) is 24.7 Å². The third-order valence-corrected chi connectivity index (χ3v) is 3.08. The van der Waals surface area contributed by atoms with Gasteiger partial charge in [-0.1, -0.05) is 11.3 Å². The molecule has 72 valence electrons. The summed E-state index contributed by atoms with van der Waals surface area (Å²) in [6.07, 6.45) is 2.43. The summed E-state index contributed by atoms with van der Waals surface area (Å²) in [6, 6.07) is 0. The number of nitrogens with zero attached hydrogens (tertiary/aromatic N) is 1. The Hall–Kier alpha value is -0.650. The second-order valence-electron chi connectivity index (χ2n) is 3.30. The third kappa shape index (κ3) is 1.82. The highest BCUT2D eigenvalue weighted by Crippen LogP contribution is 2.25. The smallest absolute Gasteiger partial charge is 0.273 e. The molecule has 1 fully saturated rings. The summed E-state index contributed by atoms with van der Waals surface area (Å²) < 4.78 is 4.97. The maximum absolute atomic E-state index is 9.82. The first-order chi connectivity index (χ1) is 6.22.